The number of amides is 1. The number of carbonyl (C=O) groups is 1. The van der Waals surface area contributed by atoms with Crippen molar-refractivity contribution in [1.82, 2.24) is 10.3 Å². The van der Waals surface area contributed by atoms with Gasteiger partial charge in [-0.05, 0) is 36.6 Å². The highest BCUT2D eigenvalue weighted by Gasteiger charge is 2.34. The first-order valence-corrected chi connectivity index (χ1v) is 8.78. The van der Waals surface area contributed by atoms with Crippen molar-refractivity contribution >= 4 is 22.5 Å². The molecule has 1 amide bonds. The minimum atomic E-state index is -4.45. The van der Waals surface area contributed by atoms with Gasteiger partial charge in [0.2, 0.25) is 5.91 Å². The largest absolute Gasteiger partial charge is 0.418 e. The van der Waals surface area contributed by atoms with Crippen LogP contribution >= 0.6 is 0 Å². The summed E-state index contributed by atoms with van der Waals surface area (Å²) < 4.78 is 39.9. The SMILES string of the molecule is CCC(=O)N[C@@H]1C[C@H](C)CN(c2ccc(C(F)(F)F)c3ncccc23)C1. The van der Waals surface area contributed by atoms with E-state index in [0.717, 1.165) is 24.7 Å². The number of nitrogens with zero attached hydrogens (tertiary/aromatic N) is 2. The van der Waals surface area contributed by atoms with Crippen LogP contribution < -0.4 is 10.2 Å². The number of halogens is 3. The third-order valence-corrected chi connectivity index (χ3v) is 4.74. The molecule has 4 nitrogen and oxygen atoms in total. The molecule has 0 unspecified atom stereocenters. The summed E-state index contributed by atoms with van der Waals surface area (Å²) >= 11 is 0. The van der Waals surface area contributed by atoms with Crippen LogP contribution in [0, 0.1) is 5.92 Å². The molecule has 1 fully saturated rings. The minimum Gasteiger partial charge on any atom is -0.369 e. The highest BCUT2D eigenvalue weighted by Crippen LogP contribution is 2.38. The topological polar surface area (TPSA) is 45.2 Å². The summed E-state index contributed by atoms with van der Waals surface area (Å²) in [7, 11) is 0. The zero-order valence-electron chi connectivity index (χ0n) is 14.8. The molecule has 1 aromatic carbocycles. The van der Waals surface area contributed by atoms with Crippen LogP contribution in [0.4, 0.5) is 18.9 Å². The molecule has 1 aliphatic rings. The third kappa shape index (κ3) is 3.76. The first-order chi connectivity index (χ1) is 12.3. The van der Waals surface area contributed by atoms with Gasteiger partial charge >= 0.3 is 6.18 Å². The zero-order valence-corrected chi connectivity index (χ0v) is 14.8. The fourth-order valence-electron chi connectivity index (χ4n) is 3.64. The molecule has 1 aromatic heterocycles. The van der Waals surface area contributed by atoms with Crippen molar-refractivity contribution in [2.75, 3.05) is 18.0 Å². The van der Waals surface area contributed by atoms with Gasteiger partial charge in [0.15, 0.2) is 0 Å². The van der Waals surface area contributed by atoms with Gasteiger partial charge in [0.05, 0.1) is 11.1 Å². The van der Waals surface area contributed by atoms with Crippen LogP contribution in [0.25, 0.3) is 10.9 Å². The Morgan fingerprint density at radius 2 is 2.08 bits per heavy atom. The summed E-state index contributed by atoms with van der Waals surface area (Å²) in [6, 6.07) is 5.93. The van der Waals surface area contributed by atoms with E-state index in [1.807, 2.05) is 0 Å². The van der Waals surface area contributed by atoms with Crippen LogP contribution in [0.5, 0.6) is 0 Å². The third-order valence-electron chi connectivity index (χ3n) is 4.74. The maximum atomic E-state index is 13.3. The summed E-state index contributed by atoms with van der Waals surface area (Å²) in [5, 5.41) is 3.49. The van der Waals surface area contributed by atoms with E-state index >= 15 is 0 Å². The number of rotatable bonds is 3. The smallest absolute Gasteiger partial charge is 0.369 e. The Bertz CT molecular complexity index is 806. The van der Waals surface area contributed by atoms with Crippen molar-refractivity contribution in [2.24, 2.45) is 5.92 Å². The second-order valence-electron chi connectivity index (χ2n) is 6.89. The highest BCUT2D eigenvalue weighted by molar-refractivity contribution is 5.94. The minimum absolute atomic E-state index is 0.0111. The van der Waals surface area contributed by atoms with Gasteiger partial charge in [-0.25, -0.2) is 0 Å². The van der Waals surface area contributed by atoms with Crippen LogP contribution in [0.3, 0.4) is 0 Å². The number of anilines is 1. The normalized spacial score (nSPS) is 21.0. The Kier molecular flexibility index (Phi) is 5.07. The summed E-state index contributed by atoms with van der Waals surface area (Å²) in [5.74, 6) is 0.308. The predicted octanol–water partition coefficient (Wildman–Crippen LogP) is 3.99. The molecule has 26 heavy (non-hydrogen) atoms. The van der Waals surface area contributed by atoms with E-state index in [4.69, 9.17) is 0 Å². The number of piperidine rings is 1. The Balaban J connectivity index is 1.98. The lowest BCUT2D eigenvalue weighted by Crippen LogP contribution is -2.50. The maximum Gasteiger partial charge on any atom is 0.418 e. The number of fused-ring (bicyclic) bond motifs is 1. The molecule has 0 bridgehead atoms. The fraction of sp³-hybridized carbons (Fsp3) is 0.474. The van der Waals surface area contributed by atoms with Crippen LogP contribution in [-0.4, -0.2) is 30.0 Å². The summed E-state index contributed by atoms with van der Waals surface area (Å²) in [6.45, 7) is 5.19. The summed E-state index contributed by atoms with van der Waals surface area (Å²) in [5.41, 5.74) is -0.0361. The molecule has 0 saturated carbocycles. The van der Waals surface area contributed by atoms with Crippen molar-refractivity contribution in [1.29, 1.82) is 0 Å². The molecule has 1 aliphatic heterocycles. The van der Waals surface area contributed by atoms with E-state index in [-0.39, 0.29) is 17.5 Å². The van der Waals surface area contributed by atoms with Gasteiger partial charge in [-0.2, -0.15) is 13.2 Å². The van der Waals surface area contributed by atoms with E-state index in [2.05, 4.69) is 22.1 Å². The van der Waals surface area contributed by atoms with Crippen LogP contribution in [0.15, 0.2) is 30.5 Å². The zero-order chi connectivity index (χ0) is 18.9. The van der Waals surface area contributed by atoms with Crippen LogP contribution in [0.1, 0.15) is 32.3 Å². The molecule has 0 aliphatic carbocycles. The van der Waals surface area contributed by atoms with Crippen LogP contribution in [-0.2, 0) is 11.0 Å². The lowest BCUT2D eigenvalue weighted by molar-refractivity contribution is -0.136. The summed E-state index contributed by atoms with van der Waals surface area (Å²) in [6.07, 6.45) is -1.79. The van der Waals surface area contributed by atoms with Gasteiger partial charge in [0, 0.05) is 42.8 Å². The van der Waals surface area contributed by atoms with Crippen molar-refractivity contribution < 1.29 is 18.0 Å². The van der Waals surface area contributed by atoms with E-state index in [0.29, 0.717) is 24.3 Å². The lowest BCUT2D eigenvalue weighted by Gasteiger charge is -2.38. The summed E-state index contributed by atoms with van der Waals surface area (Å²) in [4.78, 5) is 17.8. The molecule has 0 spiro atoms. The number of hydrogen-bond acceptors (Lipinski definition) is 3. The number of benzene rings is 1. The molecule has 0 radical (unpaired) electrons. The number of carbonyl (C=O) groups excluding carboxylic acids is 1. The standard InChI is InChI=1S/C19H22F3N3O/c1-3-17(26)24-13-9-12(2)10-25(11-13)16-7-6-15(19(20,21)22)18-14(16)5-4-8-23-18/h4-8,12-13H,3,9-11H2,1-2H3,(H,24,26)/t12-,13+/m0/s1. The Hall–Kier alpha value is -2.31. The van der Waals surface area contributed by atoms with E-state index < -0.39 is 11.7 Å². The van der Waals surface area contributed by atoms with Crippen molar-refractivity contribution in [3.05, 3.63) is 36.0 Å². The van der Waals surface area contributed by atoms with Gasteiger partial charge < -0.3 is 10.2 Å². The second-order valence-corrected chi connectivity index (χ2v) is 6.89. The van der Waals surface area contributed by atoms with Crippen molar-refractivity contribution in [2.45, 2.75) is 38.9 Å². The van der Waals surface area contributed by atoms with Gasteiger partial charge in [-0.3, -0.25) is 9.78 Å². The van der Waals surface area contributed by atoms with Gasteiger partial charge in [0.1, 0.15) is 0 Å². The number of hydrogen-bond donors (Lipinski definition) is 1. The molecule has 1 saturated heterocycles. The molecular formula is C19H22F3N3O. The van der Waals surface area contributed by atoms with Crippen molar-refractivity contribution in [3.8, 4) is 0 Å². The Morgan fingerprint density at radius 1 is 1.31 bits per heavy atom. The quantitative estimate of drug-likeness (QED) is 0.894. The molecular weight excluding hydrogens is 343 g/mol. The second kappa shape index (κ2) is 7.13. The Morgan fingerprint density at radius 3 is 2.77 bits per heavy atom. The molecule has 1 N–H and O–H groups in total. The van der Waals surface area contributed by atoms with E-state index in [1.54, 1.807) is 19.1 Å². The van der Waals surface area contributed by atoms with E-state index in [1.165, 1.54) is 12.3 Å². The van der Waals surface area contributed by atoms with Crippen molar-refractivity contribution in [3.63, 3.8) is 0 Å². The average molecular weight is 365 g/mol. The number of alkyl halides is 3. The maximum absolute atomic E-state index is 13.3. The number of nitrogens with one attached hydrogen (secondary N) is 1. The fourth-order valence-corrected chi connectivity index (χ4v) is 3.64. The average Bonchev–Trinajstić information content (AvgIpc) is 2.59. The van der Waals surface area contributed by atoms with Crippen LogP contribution in [0.2, 0.25) is 0 Å². The Labute approximate surface area is 150 Å². The van der Waals surface area contributed by atoms with Gasteiger partial charge in [0.25, 0.3) is 0 Å². The molecule has 3 rings (SSSR count). The molecule has 2 atom stereocenters. The molecule has 2 heterocycles. The molecule has 7 heteroatoms. The first kappa shape index (κ1) is 18.5. The molecule has 140 valence electrons. The lowest BCUT2D eigenvalue weighted by atomic mass is 9.94. The highest BCUT2D eigenvalue weighted by atomic mass is 19.4. The predicted molar refractivity (Wildman–Crippen MR) is 95.0 cm³/mol. The molecule has 2 aromatic rings. The first-order valence-electron chi connectivity index (χ1n) is 8.78. The number of aromatic nitrogens is 1. The van der Waals surface area contributed by atoms with Gasteiger partial charge in [-0.15, -0.1) is 0 Å². The number of pyridine rings is 1. The van der Waals surface area contributed by atoms with Gasteiger partial charge in [-0.1, -0.05) is 13.8 Å². The van der Waals surface area contributed by atoms with E-state index in [9.17, 15) is 18.0 Å². The monoisotopic (exact) mass is 365 g/mol.